The summed E-state index contributed by atoms with van der Waals surface area (Å²) in [6.45, 7) is 1.90. The van der Waals surface area contributed by atoms with Gasteiger partial charge in [0.1, 0.15) is 5.82 Å². The van der Waals surface area contributed by atoms with Crippen LogP contribution in [0.5, 0.6) is 0 Å². The maximum Gasteiger partial charge on any atom is 0.159 e. The molecule has 5 heteroatoms. The fourth-order valence-corrected chi connectivity index (χ4v) is 2.03. The second-order valence-electron chi connectivity index (χ2n) is 4.38. The molecule has 19 heavy (non-hydrogen) atoms. The van der Waals surface area contributed by atoms with Gasteiger partial charge in [0.2, 0.25) is 0 Å². The molecule has 2 rings (SSSR count). The van der Waals surface area contributed by atoms with Crippen LogP contribution in [0.4, 0.5) is 14.6 Å². The number of hydrogen-bond donors (Lipinski definition) is 2. The zero-order valence-electron chi connectivity index (χ0n) is 10.7. The first-order chi connectivity index (χ1) is 9.02. The molecule has 1 aromatic carbocycles. The first-order valence-corrected chi connectivity index (χ1v) is 5.87. The molecule has 2 aromatic rings. The number of benzene rings is 1. The van der Waals surface area contributed by atoms with Crippen LogP contribution in [0.3, 0.4) is 0 Å². The maximum atomic E-state index is 13.3. The van der Waals surface area contributed by atoms with E-state index in [4.69, 9.17) is 5.73 Å². The average Bonchev–Trinajstić information content (AvgIpc) is 2.38. The molecule has 0 saturated heterocycles. The number of pyridine rings is 1. The minimum Gasteiger partial charge on any atom is -0.383 e. The van der Waals surface area contributed by atoms with Crippen LogP contribution >= 0.6 is 0 Å². The number of halogens is 2. The molecule has 0 aliphatic carbocycles. The Morgan fingerprint density at radius 3 is 2.58 bits per heavy atom. The van der Waals surface area contributed by atoms with Crippen molar-refractivity contribution in [2.45, 2.75) is 13.0 Å². The zero-order valence-corrected chi connectivity index (χ0v) is 10.7. The largest absolute Gasteiger partial charge is 0.383 e. The molecule has 1 aromatic heterocycles. The third kappa shape index (κ3) is 2.71. The third-order valence-corrected chi connectivity index (χ3v) is 2.96. The molecular formula is C14H15F2N3. The van der Waals surface area contributed by atoms with Crippen molar-refractivity contribution < 1.29 is 8.78 Å². The summed E-state index contributed by atoms with van der Waals surface area (Å²) >= 11 is 0. The number of hydrogen-bond acceptors (Lipinski definition) is 3. The first-order valence-electron chi connectivity index (χ1n) is 5.87. The second-order valence-corrected chi connectivity index (χ2v) is 4.38. The van der Waals surface area contributed by atoms with Gasteiger partial charge in [0.05, 0.1) is 6.04 Å². The monoisotopic (exact) mass is 263 g/mol. The molecule has 0 aliphatic rings. The van der Waals surface area contributed by atoms with Crippen molar-refractivity contribution in [3.05, 3.63) is 58.8 Å². The van der Waals surface area contributed by atoms with Crippen molar-refractivity contribution in [1.82, 2.24) is 10.3 Å². The molecule has 1 unspecified atom stereocenters. The summed E-state index contributed by atoms with van der Waals surface area (Å²) in [6.07, 6.45) is 1.66. The minimum absolute atomic E-state index is 0.331. The predicted octanol–water partition coefficient (Wildman–Crippen LogP) is 2.56. The number of rotatable bonds is 3. The molecule has 3 N–H and O–H groups in total. The molecule has 0 bridgehead atoms. The minimum atomic E-state index is -0.878. The lowest BCUT2D eigenvalue weighted by Crippen LogP contribution is -2.20. The van der Waals surface area contributed by atoms with Gasteiger partial charge < -0.3 is 11.1 Å². The zero-order chi connectivity index (χ0) is 14.0. The van der Waals surface area contributed by atoms with Crippen LogP contribution in [-0.4, -0.2) is 12.0 Å². The molecule has 0 saturated carbocycles. The standard InChI is InChI=1S/C14H15F2N3/c1-8-5-10(14(17)19-7-8)13(18-2)9-3-4-11(15)12(16)6-9/h3-7,13,18H,1-2H3,(H2,17,19). The molecule has 0 aliphatic heterocycles. The summed E-state index contributed by atoms with van der Waals surface area (Å²) in [5.41, 5.74) is 8.14. The average molecular weight is 263 g/mol. The van der Waals surface area contributed by atoms with Crippen LogP contribution in [0.15, 0.2) is 30.5 Å². The molecule has 1 atom stereocenters. The summed E-state index contributed by atoms with van der Waals surface area (Å²) in [4.78, 5) is 4.08. The number of aromatic nitrogens is 1. The summed E-state index contributed by atoms with van der Waals surface area (Å²) in [6, 6.07) is 5.35. The van der Waals surface area contributed by atoms with E-state index in [1.807, 2.05) is 13.0 Å². The van der Waals surface area contributed by atoms with Gasteiger partial charge in [-0.15, -0.1) is 0 Å². The van der Waals surface area contributed by atoms with Crippen LogP contribution in [0.1, 0.15) is 22.7 Å². The lowest BCUT2D eigenvalue weighted by atomic mass is 9.98. The highest BCUT2D eigenvalue weighted by atomic mass is 19.2. The third-order valence-electron chi connectivity index (χ3n) is 2.96. The second kappa shape index (κ2) is 5.32. The van der Waals surface area contributed by atoms with E-state index in [0.717, 1.165) is 23.3 Å². The van der Waals surface area contributed by atoms with Crippen molar-refractivity contribution in [2.24, 2.45) is 0 Å². The Morgan fingerprint density at radius 1 is 1.21 bits per heavy atom. The van der Waals surface area contributed by atoms with Crippen LogP contribution < -0.4 is 11.1 Å². The van der Waals surface area contributed by atoms with Gasteiger partial charge in [0.25, 0.3) is 0 Å². The molecule has 0 amide bonds. The Hall–Kier alpha value is -2.01. The fourth-order valence-electron chi connectivity index (χ4n) is 2.03. The Kier molecular flexibility index (Phi) is 3.76. The van der Waals surface area contributed by atoms with Gasteiger partial charge in [0.15, 0.2) is 11.6 Å². The molecule has 100 valence electrons. The van der Waals surface area contributed by atoms with Gasteiger partial charge in [0, 0.05) is 11.8 Å². The van der Waals surface area contributed by atoms with E-state index in [9.17, 15) is 8.78 Å². The van der Waals surface area contributed by atoms with Crippen molar-refractivity contribution in [3.8, 4) is 0 Å². The van der Waals surface area contributed by atoms with Gasteiger partial charge in [-0.3, -0.25) is 0 Å². The summed E-state index contributed by atoms with van der Waals surface area (Å²) < 4.78 is 26.3. The maximum absolute atomic E-state index is 13.3. The SMILES string of the molecule is CNC(c1ccc(F)c(F)c1)c1cc(C)cnc1N. The van der Waals surface area contributed by atoms with Gasteiger partial charge in [-0.1, -0.05) is 6.07 Å². The Morgan fingerprint density at radius 2 is 1.95 bits per heavy atom. The molecule has 0 fully saturated rings. The topological polar surface area (TPSA) is 50.9 Å². The van der Waals surface area contributed by atoms with E-state index < -0.39 is 11.6 Å². The Bertz CT molecular complexity index is 599. The van der Waals surface area contributed by atoms with E-state index in [1.54, 1.807) is 13.2 Å². The quantitative estimate of drug-likeness (QED) is 0.894. The number of nitrogens with zero attached hydrogens (tertiary/aromatic N) is 1. The van der Waals surface area contributed by atoms with E-state index in [2.05, 4.69) is 10.3 Å². The molecule has 3 nitrogen and oxygen atoms in total. The van der Waals surface area contributed by atoms with E-state index in [1.165, 1.54) is 6.07 Å². The highest BCUT2D eigenvalue weighted by Crippen LogP contribution is 2.27. The predicted molar refractivity (Wildman–Crippen MR) is 70.6 cm³/mol. The Balaban J connectivity index is 2.49. The molecule has 1 heterocycles. The van der Waals surface area contributed by atoms with Crippen molar-refractivity contribution in [2.75, 3.05) is 12.8 Å². The fraction of sp³-hybridized carbons (Fsp3) is 0.214. The van der Waals surface area contributed by atoms with E-state index in [0.29, 0.717) is 11.4 Å². The van der Waals surface area contributed by atoms with Gasteiger partial charge >= 0.3 is 0 Å². The van der Waals surface area contributed by atoms with E-state index >= 15 is 0 Å². The molecular weight excluding hydrogens is 248 g/mol. The van der Waals surface area contributed by atoms with E-state index in [-0.39, 0.29) is 6.04 Å². The normalized spacial score (nSPS) is 12.4. The number of anilines is 1. The van der Waals surface area contributed by atoms with Crippen molar-refractivity contribution in [1.29, 1.82) is 0 Å². The van der Waals surface area contributed by atoms with Crippen LogP contribution in [0, 0.1) is 18.6 Å². The van der Waals surface area contributed by atoms with Crippen LogP contribution in [-0.2, 0) is 0 Å². The highest BCUT2D eigenvalue weighted by Gasteiger charge is 2.17. The van der Waals surface area contributed by atoms with Crippen LogP contribution in [0.25, 0.3) is 0 Å². The first kappa shape index (κ1) is 13.4. The summed E-state index contributed by atoms with van der Waals surface area (Å²) in [5, 5.41) is 3.04. The van der Waals surface area contributed by atoms with Gasteiger partial charge in [-0.2, -0.15) is 0 Å². The van der Waals surface area contributed by atoms with Gasteiger partial charge in [-0.05, 0) is 43.3 Å². The number of nitrogen functional groups attached to an aromatic ring is 1. The smallest absolute Gasteiger partial charge is 0.159 e. The summed E-state index contributed by atoms with van der Waals surface area (Å²) in [7, 11) is 1.73. The Labute approximate surface area is 110 Å². The molecule has 0 spiro atoms. The number of nitrogens with two attached hydrogens (primary N) is 1. The number of nitrogens with one attached hydrogen (secondary N) is 1. The van der Waals surface area contributed by atoms with Crippen LogP contribution in [0.2, 0.25) is 0 Å². The highest BCUT2D eigenvalue weighted by molar-refractivity contribution is 5.47. The number of aryl methyl sites for hydroxylation is 1. The van der Waals surface area contributed by atoms with Crippen molar-refractivity contribution in [3.63, 3.8) is 0 Å². The lowest BCUT2D eigenvalue weighted by molar-refractivity contribution is 0.505. The lowest BCUT2D eigenvalue weighted by Gasteiger charge is -2.19. The molecule has 0 radical (unpaired) electrons. The van der Waals surface area contributed by atoms with Crippen molar-refractivity contribution >= 4 is 5.82 Å². The summed E-state index contributed by atoms with van der Waals surface area (Å²) in [5.74, 6) is -1.37. The van der Waals surface area contributed by atoms with Gasteiger partial charge in [-0.25, -0.2) is 13.8 Å².